The maximum atomic E-state index is 12.8. The smallest absolute Gasteiger partial charge is 0.246 e. The maximum absolute atomic E-state index is 12.8. The number of hydrogen-bond acceptors (Lipinski definition) is 4. The van der Waals surface area contributed by atoms with E-state index in [0.717, 1.165) is 73.3 Å². The molecule has 0 atom stereocenters. The molecule has 0 saturated carbocycles. The van der Waals surface area contributed by atoms with E-state index in [1.54, 1.807) is 10.8 Å². The van der Waals surface area contributed by atoms with E-state index >= 15 is 0 Å². The number of hydrogen-bond donors (Lipinski definition) is 0. The van der Waals surface area contributed by atoms with Crippen molar-refractivity contribution in [1.29, 1.82) is 0 Å². The Morgan fingerprint density at radius 3 is 2.62 bits per heavy atom. The first-order valence-corrected chi connectivity index (χ1v) is 11.9. The minimum atomic E-state index is 0.0822. The fraction of sp³-hybridized carbons (Fsp3) is 0.520. The van der Waals surface area contributed by atoms with Gasteiger partial charge in [-0.3, -0.25) is 14.4 Å². The average Bonchev–Trinajstić information content (AvgIpc) is 3.29. The Labute approximate surface area is 195 Å². The van der Waals surface area contributed by atoms with Gasteiger partial charge in [-0.1, -0.05) is 29.8 Å². The summed E-state index contributed by atoms with van der Waals surface area (Å²) in [7, 11) is 1.89. The van der Waals surface area contributed by atoms with Gasteiger partial charge in [-0.15, -0.1) is 0 Å². The molecule has 2 aliphatic heterocycles. The van der Waals surface area contributed by atoms with Crippen molar-refractivity contribution in [3.8, 4) is 5.75 Å². The number of carbonyl (C=O) groups is 1. The fourth-order valence-corrected chi connectivity index (χ4v) is 5.26. The van der Waals surface area contributed by atoms with Crippen LogP contribution in [0.15, 0.2) is 30.3 Å². The Hall–Kier alpha value is -2.31. The van der Waals surface area contributed by atoms with Crippen molar-refractivity contribution in [2.24, 2.45) is 12.5 Å². The summed E-state index contributed by atoms with van der Waals surface area (Å²) in [5.41, 5.74) is 3.39. The number of piperidine rings is 1. The molecule has 7 heteroatoms. The molecule has 0 bridgehead atoms. The van der Waals surface area contributed by atoms with Crippen LogP contribution >= 0.6 is 11.6 Å². The van der Waals surface area contributed by atoms with E-state index in [9.17, 15) is 4.79 Å². The van der Waals surface area contributed by atoms with Crippen LogP contribution in [0, 0.1) is 12.3 Å². The molecule has 2 aromatic rings. The summed E-state index contributed by atoms with van der Waals surface area (Å²) >= 11 is 6.44. The van der Waals surface area contributed by atoms with Gasteiger partial charge in [0.15, 0.2) is 0 Å². The molecule has 6 nitrogen and oxygen atoms in total. The van der Waals surface area contributed by atoms with Crippen LogP contribution in [-0.2, 0) is 18.4 Å². The standard InChI is InChI=1S/C25H33ClN4O2/c1-4-32-22-8-6-5-7-20(22)9-10-23(31)30-15-12-25(13-16-30)11-14-29(18-25)17-21-19(2)27-28(3)24(21)26/h5-10H,4,11-18H2,1-3H3. The minimum Gasteiger partial charge on any atom is -0.493 e. The second-order valence-corrected chi connectivity index (χ2v) is 9.43. The summed E-state index contributed by atoms with van der Waals surface area (Å²) in [4.78, 5) is 17.3. The normalized spacial score (nSPS) is 18.7. The topological polar surface area (TPSA) is 50.6 Å². The molecule has 1 amide bonds. The molecule has 172 valence electrons. The maximum Gasteiger partial charge on any atom is 0.246 e. The van der Waals surface area contributed by atoms with Crippen molar-refractivity contribution in [1.82, 2.24) is 19.6 Å². The van der Waals surface area contributed by atoms with Gasteiger partial charge in [0, 0.05) is 50.4 Å². The summed E-state index contributed by atoms with van der Waals surface area (Å²) in [5, 5.41) is 5.18. The molecule has 1 aromatic carbocycles. The lowest BCUT2D eigenvalue weighted by atomic mass is 9.78. The molecule has 0 aliphatic carbocycles. The van der Waals surface area contributed by atoms with Gasteiger partial charge in [0.25, 0.3) is 0 Å². The number of carbonyl (C=O) groups excluding carboxylic acids is 1. The molecule has 1 aromatic heterocycles. The zero-order chi connectivity index (χ0) is 22.7. The molecule has 0 unspecified atom stereocenters. The molecule has 32 heavy (non-hydrogen) atoms. The highest BCUT2D eigenvalue weighted by molar-refractivity contribution is 6.30. The first-order chi connectivity index (χ1) is 15.4. The predicted molar refractivity (Wildman–Crippen MR) is 128 cm³/mol. The van der Waals surface area contributed by atoms with Crippen LogP contribution < -0.4 is 4.74 Å². The number of aryl methyl sites for hydroxylation is 2. The minimum absolute atomic E-state index is 0.0822. The Kier molecular flexibility index (Phi) is 6.91. The van der Waals surface area contributed by atoms with Crippen LogP contribution in [0.25, 0.3) is 6.08 Å². The van der Waals surface area contributed by atoms with E-state index in [1.165, 1.54) is 6.42 Å². The molecule has 0 radical (unpaired) electrons. The molecule has 1 spiro atoms. The van der Waals surface area contributed by atoms with E-state index in [1.807, 2.05) is 56.1 Å². The van der Waals surface area contributed by atoms with Crippen LogP contribution in [0.2, 0.25) is 5.15 Å². The van der Waals surface area contributed by atoms with E-state index in [-0.39, 0.29) is 5.91 Å². The summed E-state index contributed by atoms with van der Waals surface area (Å²) < 4.78 is 7.40. The van der Waals surface area contributed by atoms with Crippen LogP contribution in [-0.4, -0.2) is 58.3 Å². The van der Waals surface area contributed by atoms with Crippen LogP contribution in [0.4, 0.5) is 0 Å². The number of aromatic nitrogens is 2. The number of benzene rings is 1. The quantitative estimate of drug-likeness (QED) is 0.608. The van der Waals surface area contributed by atoms with E-state index in [4.69, 9.17) is 16.3 Å². The molecule has 2 fully saturated rings. The Morgan fingerprint density at radius 2 is 1.94 bits per heavy atom. The van der Waals surface area contributed by atoms with Gasteiger partial charge in [-0.05, 0) is 57.2 Å². The van der Waals surface area contributed by atoms with Crippen LogP contribution in [0.5, 0.6) is 5.75 Å². The lowest BCUT2D eigenvalue weighted by Crippen LogP contribution is -2.43. The zero-order valence-electron chi connectivity index (χ0n) is 19.3. The molecule has 2 aliphatic rings. The first kappa shape index (κ1) is 22.9. The second kappa shape index (κ2) is 9.67. The zero-order valence-corrected chi connectivity index (χ0v) is 20.1. The molecule has 4 rings (SSSR count). The Morgan fingerprint density at radius 1 is 1.22 bits per heavy atom. The van der Waals surface area contributed by atoms with E-state index in [2.05, 4.69) is 10.00 Å². The van der Waals surface area contributed by atoms with Gasteiger partial charge in [-0.2, -0.15) is 5.10 Å². The number of amides is 1. The number of halogens is 1. The Balaban J connectivity index is 1.32. The van der Waals surface area contributed by atoms with Crippen molar-refractivity contribution >= 4 is 23.6 Å². The van der Waals surface area contributed by atoms with E-state index < -0.39 is 0 Å². The predicted octanol–water partition coefficient (Wildman–Crippen LogP) is 4.31. The van der Waals surface area contributed by atoms with Gasteiger partial charge in [0.05, 0.1) is 12.3 Å². The highest BCUT2D eigenvalue weighted by Gasteiger charge is 2.41. The highest BCUT2D eigenvalue weighted by Crippen LogP contribution is 2.41. The average molecular weight is 457 g/mol. The molecule has 0 N–H and O–H groups in total. The third kappa shape index (κ3) is 4.86. The van der Waals surface area contributed by atoms with Crippen molar-refractivity contribution in [3.63, 3.8) is 0 Å². The largest absolute Gasteiger partial charge is 0.493 e. The third-order valence-corrected chi connectivity index (χ3v) is 7.40. The van der Waals surface area contributed by atoms with Crippen LogP contribution in [0.3, 0.4) is 0 Å². The number of nitrogens with zero attached hydrogens (tertiary/aromatic N) is 4. The van der Waals surface area contributed by atoms with Crippen molar-refractivity contribution in [2.45, 2.75) is 39.7 Å². The summed E-state index contributed by atoms with van der Waals surface area (Å²) in [6.45, 7) is 9.22. The number of likely N-dealkylation sites (tertiary alicyclic amines) is 2. The molecule has 3 heterocycles. The van der Waals surface area contributed by atoms with Gasteiger partial charge in [-0.25, -0.2) is 0 Å². The summed E-state index contributed by atoms with van der Waals surface area (Å²) in [6, 6.07) is 7.82. The summed E-state index contributed by atoms with van der Waals surface area (Å²) in [5.74, 6) is 0.894. The molecule has 2 saturated heterocycles. The second-order valence-electron chi connectivity index (χ2n) is 9.07. The van der Waals surface area contributed by atoms with Crippen molar-refractivity contribution in [2.75, 3.05) is 32.8 Å². The monoisotopic (exact) mass is 456 g/mol. The highest BCUT2D eigenvalue weighted by atomic mass is 35.5. The number of ether oxygens (including phenoxy) is 1. The van der Waals surface area contributed by atoms with Crippen LogP contribution in [0.1, 0.15) is 43.0 Å². The number of rotatable bonds is 6. The Bertz CT molecular complexity index is 992. The van der Waals surface area contributed by atoms with E-state index in [0.29, 0.717) is 12.0 Å². The SMILES string of the molecule is CCOc1ccccc1C=CC(=O)N1CCC2(CCN(Cc3c(C)nn(C)c3Cl)C2)CC1. The van der Waals surface area contributed by atoms with Crippen molar-refractivity contribution in [3.05, 3.63) is 52.3 Å². The van der Waals surface area contributed by atoms with Gasteiger partial charge in [0.2, 0.25) is 5.91 Å². The fourth-order valence-electron chi connectivity index (χ4n) is 5.02. The van der Waals surface area contributed by atoms with Gasteiger partial charge < -0.3 is 9.64 Å². The van der Waals surface area contributed by atoms with Gasteiger partial charge >= 0.3 is 0 Å². The summed E-state index contributed by atoms with van der Waals surface area (Å²) in [6.07, 6.45) is 6.85. The van der Waals surface area contributed by atoms with Crippen molar-refractivity contribution < 1.29 is 9.53 Å². The lowest BCUT2D eigenvalue weighted by molar-refractivity contribution is -0.128. The number of para-hydroxylation sites is 1. The lowest BCUT2D eigenvalue weighted by Gasteiger charge is -2.39. The first-order valence-electron chi connectivity index (χ1n) is 11.5. The molecular weight excluding hydrogens is 424 g/mol. The third-order valence-electron chi connectivity index (χ3n) is 6.93. The molecular formula is C25H33ClN4O2. The van der Waals surface area contributed by atoms with Gasteiger partial charge in [0.1, 0.15) is 10.9 Å².